The van der Waals surface area contributed by atoms with Crippen LogP contribution in [0.1, 0.15) is 39.5 Å². The first-order valence-corrected chi connectivity index (χ1v) is 5.53. The van der Waals surface area contributed by atoms with E-state index in [1.54, 1.807) is 0 Å². The summed E-state index contributed by atoms with van der Waals surface area (Å²) < 4.78 is 9.75. The first-order valence-electron chi connectivity index (χ1n) is 5.53. The van der Waals surface area contributed by atoms with Crippen molar-refractivity contribution in [1.29, 1.82) is 0 Å². The Morgan fingerprint density at radius 2 is 2.20 bits per heavy atom. The van der Waals surface area contributed by atoms with Crippen LogP contribution in [0.5, 0.6) is 0 Å². The van der Waals surface area contributed by atoms with E-state index in [9.17, 15) is 4.79 Å². The van der Waals surface area contributed by atoms with Crippen molar-refractivity contribution in [2.45, 2.75) is 45.6 Å². The smallest absolute Gasteiger partial charge is 0.438 e. The highest BCUT2D eigenvalue weighted by Gasteiger charge is 2.22. The van der Waals surface area contributed by atoms with Gasteiger partial charge in [-0.2, -0.15) is 0 Å². The third-order valence-electron chi connectivity index (χ3n) is 2.99. The second kappa shape index (κ2) is 5.79. The highest BCUT2D eigenvalue weighted by Crippen LogP contribution is 2.24. The van der Waals surface area contributed by atoms with E-state index in [4.69, 9.17) is 4.74 Å². The van der Waals surface area contributed by atoms with E-state index in [0.29, 0.717) is 5.92 Å². The Labute approximate surface area is 91.4 Å². The van der Waals surface area contributed by atoms with Crippen molar-refractivity contribution in [2.75, 3.05) is 7.11 Å². The fraction of sp³-hybridized carbons (Fsp3) is 0.750. The molecule has 1 aliphatic carbocycles. The van der Waals surface area contributed by atoms with Crippen LogP contribution in [-0.2, 0) is 9.47 Å². The monoisotopic (exact) mass is 212 g/mol. The molecule has 0 amide bonds. The van der Waals surface area contributed by atoms with Crippen LogP contribution in [0.25, 0.3) is 0 Å². The maximum atomic E-state index is 11.0. The third-order valence-corrected chi connectivity index (χ3v) is 2.99. The third kappa shape index (κ3) is 3.94. The van der Waals surface area contributed by atoms with Gasteiger partial charge in [-0.3, -0.25) is 0 Å². The zero-order valence-electron chi connectivity index (χ0n) is 9.79. The van der Waals surface area contributed by atoms with Gasteiger partial charge in [0.15, 0.2) is 0 Å². The van der Waals surface area contributed by atoms with Gasteiger partial charge in [0.05, 0.1) is 7.11 Å². The van der Waals surface area contributed by atoms with Crippen molar-refractivity contribution in [3.63, 3.8) is 0 Å². The Morgan fingerprint density at radius 3 is 2.87 bits per heavy atom. The van der Waals surface area contributed by atoms with Crippen LogP contribution in [0, 0.1) is 5.92 Å². The molecule has 3 nitrogen and oxygen atoms in total. The summed E-state index contributed by atoms with van der Waals surface area (Å²) in [6.45, 7) is 4.29. The van der Waals surface area contributed by atoms with Crippen LogP contribution >= 0.6 is 0 Å². The molecule has 0 radical (unpaired) electrons. The lowest BCUT2D eigenvalue weighted by Gasteiger charge is -2.25. The van der Waals surface area contributed by atoms with Crippen LogP contribution in [0.3, 0.4) is 0 Å². The van der Waals surface area contributed by atoms with E-state index in [0.717, 1.165) is 25.7 Å². The standard InChI is InChI=1S/C12H20O3/c1-9-5-4-6-11(10(2)8-7-9)15-12(13)14-3/h5,10-11H,4,6-8H2,1-3H3/b9-5-. The van der Waals surface area contributed by atoms with Gasteiger partial charge in [0.25, 0.3) is 0 Å². The van der Waals surface area contributed by atoms with Gasteiger partial charge in [-0.15, -0.1) is 0 Å². The SMILES string of the molecule is COC(=O)OC1CC/C=C(/C)CCC1C. The normalized spacial score (nSPS) is 30.7. The van der Waals surface area contributed by atoms with Crippen LogP contribution < -0.4 is 0 Å². The summed E-state index contributed by atoms with van der Waals surface area (Å²) in [6.07, 6.45) is 5.73. The molecule has 2 unspecified atom stereocenters. The molecule has 0 aliphatic heterocycles. The summed E-state index contributed by atoms with van der Waals surface area (Å²) in [7, 11) is 1.35. The Balaban J connectivity index is 2.52. The molecule has 0 aromatic heterocycles. The van der Waals surface area contributed by atoms with Crippen molar-refractivity contribution < 1.29 is 14.3 Å². The molecule has 0 aromatic carbocycles. The molecule has 1 aliphatic rings. The molecular formula is C12H20O3. The van der Waals surface area contributed by atoms with Gasteiger partial charge in [0.1, 0.15) is 6.10 Å². The lowest BCUT2D eigenvalue weighted by atomic mass is 9.90. The number of hydrogen-bond donors (Lipinski definition) is 0. The average Bonchev–Trinajstić information content (AvgIpc) is 2.22. The summed E-state index contributed by atoms with van der Waals surface area (Å²) in [6, 6.07) is 0. The Bertz CT molecular complexity index is 245. The minimum atomic E-state index is -0.562. The fourth-order valence-electron chi connectivity index (χ4n) is 1.87. The molecule has 86 valence electrons. The second-order valence-corrected chi connectivity index (χ2v) is 4.25. The van der Waals surface area contributed by atoms with Crippen LogP contribution in [0.15, 0.2) is 11.6 Å². The molecule has 1 rings (SSSR count). The Hall–Kier alpha value is -0.990. The quantitative estimate of drug-likeness (QED) is 0.494. The number of carbonyl (C=O) groups excluding carboxylic acids is 1. The molecule has 0 saturated heterocycles. The van der Waals surface area contributed by atoms with Gasteiger partial charge in [0.2, 0.25) is 0 Å². The molecule has 0 aromatic rings. The topological polar surface area (TPSA) is 35.5 Å². The number of ether oxygens (including phenoxy) is 2. The van der Waals surface area contributed by atoms with Gasteiger partial charge in [-0.1, -0.05) is 18.6 Å². The highest BCUT2D eigenvalue weighted by atomic mass is 16.7. The van der Waals surface area contributed by atoms with Gasteiger partial charge >= 0.3 is 6.16 Å². The summed E-state index contributed by atoms with van der Waals surface area (Å²) >= 11 is 0. The van der Waals surface area contributed by atoms with Gasteiger partial charge in [-0.25, -0.2) is 4.79 Å². The van der Waals surface area contributed by atoms with Gasteiger partial charge in [-0.05, 0) is 38.5 Å². The number of allylic oxidation sites excluding steroid dienone is 2. The maximum absolute atomic E-state index is 11.0. The number of carbonyl (C=O) groups is 1. The molecule has 0 heterocycles. The minimum Gasteiger partial charge on any atom is -0.438 e. The molecule has 0 bridgehead atoms. The molecule has 0 saturated carbocycles. The van der Waals surface area contributed by atoms with Crippen molar-refractivity contribution in [3.05, 3.63) is 11.6 Å². The fourth-order valence-corrected chi connectivity index (χ4v) is 1.87. The largest absolute Gasteiger partial charge is 0.508 e. The summed E-state index contributed by atoms with van der Waals surface area (Å²) in [5, 5.41) is 0. The van der Waals surface area contributed by atoms with Crippen molar-refractivity contribution in [3.8, 4) is 0 Å². The zero-order valence-corrected chi connectivity index (χ0v) is 9.79. The van der Waals surface area contributed by atoms with E-state index in [1.165, 1.54) is 12.7 Å². The molecule has 0 N–H and O–H groups in total. The second-order valence-electron chi connectivity index (χ2n) is 4.25. The Morgan fingerprint density at radius 1 is 1.47 bits per heavy atom. The van der Waals surface area contributed by atoms with E-state index in [2.05, 4.69) is 24.7 Å². The molecule has 2 atom stereocenters. The van der Waals surface area contributed by atoms with Crippen LogP contribution in [0.4, 0.5) is 4.79 Å². The van der Waals surface area contributed by atoms with E-state index < -0.39 is 6.16 Å². The molecule has 15 heavy (non-hydrogen) atoms. The lowest BCUT2D eigenvalue weighted by molar-refractivity contribution is 0.0107. The van der Waals surface area contributed by atoms with Crippen LogP contribution in [-0.4, -0.2) is 19.4 Å². The zero-order chi connectivity index (χ0) is 11.3. The molecule has 3 heteroatoms. The first kappa shape index (κ1) is 12.1. The van der Waals surface area contributed by atoms with Crippen molar-refractivity contribution in [1.82, 2.24) is 0 Å². The number of rotatable bonds is 1. The van der Waals surface area contributed by atoms with Gasteiger partial charge in [0, 0.05) is 0 Å². The Kier molecular flexibility index (Phi) is 4.66. The number of hydrogen-bond acceptors (Lipinski definition) is 3. The van der Waals surface area contributed by atoms with Crippen molar-refractivity contribution >= 4 is 6.16 Å². The summed E-state index contributed by atoms with van der Waals surface area (Å²) in [5.74, 6) is 0.410. The van der Waals surface area contributed by atoms with E-state index in [-0.39, 0.29) is 6.10 Å². The van der Waals surface area contributed by atoms with E-state index in [1.807, 2.05) is 0 Å². The lowest BCUT2D eigenvalue weighted by Crippen LogP contribution is -2.26. The highest BCUT2D eigenvalue weighted by molar-refractivity contribution is 5.59. The first-order chi connectivity index (χ1) is 7.13. The molecular weight excluding hydrogens is 192 g/mol. The maximum Gasteiger partial charge on any atom is 0.508 e. The average molecular weight is 212 g/mol. The predicted molar refractivity (Wildman–Crippen MR) is 58.7 cm³/mol. The van der Waals surface area contributed by atoms with Crippen LogP contribution in [0.2, 0.25) is 0 Å². The van der Waals surface area contributed by atoms with Crippen molar-refractivity contribution in [2.24, 2.45) is 5.92 Å². The van der Waals surface area contributed by atoms with E-state index >= 15 is 0 Å². The van der Waals surface area contributed by atoms with Gasteiger partial charge < -0.3 is 9.47 Å². The minimum absolute atomic E-state index is 0.00167. The molecule has 0 spiro atoms. The summed E-state index contributed by atoms with van der Waals surface area (Å²) in [5.41, 5.74) is 1.44. The predicted octanol–water partition coefficient (Wildman–Crippen LogP) is 3.29. The summed E-state index contributed by atoms with van der Waals surface area (Å²) in [4.78, 5) is 11.0. The number of methoxy groups -OCH3 is 1. The molecule has 0 fully saturated rings.